The zero-order chi connectivity index (χ0) is 14.4. The van der Waals surface area contributed by atoms with E-state index in [4.69, 9.17) is 5.73 Å². The van der Waals surface area contributed by atoms with Crippen LogP contribution in [0.4, 0.5) is 5.13 Å². The maximum Gasteiger partial charge on any atom is 0.185 e. The number of piperazine rings is 1. The Labute approximate surface area is 127 Å². The first-order valence-electron chi connectivity index (χ1n) is 7.76. The van der Waals surface area contributed by atoms with Crippen LogP contribution in [-0.4, -0.2) is 49.2 Å². The summed E-state index contributed by atoms with van der Waals surface area (Å²) < 4.78 is 0. The first-order valence-corrected chi connectivity index (χ1v) is 8.64. The molecule has 1 saturated heterocycles. The molecule has 1 aromatic heterocycles. The first-order chi connectivity index (χ1) is 9.69. The second kappa shape index (κ2) is 7.96. The molecule has 2 N–H and O–H groups in total. The third-order valence-electron chi connectivity index (χ3n) is 4.05. The number of aromatic nitrogens is 1. The number of hydrogen-bond donors (Lipinski definition) is 1. The van der Waals surface area contributed by atoms with Gasteiger partial charge in [0.05, 0.1) is 0 Å². The van der Waals surface area contributed by atoms with E-state index >= 15 is 0 Å². The van der Waals surface area contributed by atoms with Crippen LogP contribution in [0.2, 0.25) is 0 Å². The van der Waals surface area contributed by atoms with E-state index in [-0.39, 0.29) is 0 Å². The third kappa shape index (κ3) is 4.72. The molecule has 5 heteroatoms. The average molecular weight is 296 g/mol. The fourth-order valence-corrected chi connectivity index (χ4v) is 3.60. The van der Waals surface area contributed by atoms with Crippen molar-refractivity contribution in [3.8, 4) is 0 Å². The lowest BCUT2D eigenvalue weighted by molar-refractivity contribution is 0.231. The van der Waals surface area contributed by atoms with Crippen LogP contribution in [-0.2, 0) is 0 Å². The Kier molecular flexibility index (Phi) is 6.26. The summed E-state index contributed by atoms with van der Waals surface area (Å²) >= 11 is 1.74. The van der Waals surface area contributed by atoms with E-state index in [9.17, 15) is 0 Å². The maximum atomic E-state index is 5.89. The maximum absolute atomic E-state index is 5.89. The molecule has 4 nitrogen and oxygen atoms in total. The van der Waals surface area contributed by atoms with Crippen LogP contribution in [0.25, 0.3) is 0 Å². The fourth-order valence-electron chi connectivity index (χ4n) is 2.90. The predicted octanol–water partition coefficient (Wildman–Crippen LogP) is 2.28. The van der Waals surface area contributed by atoms with Gasteiger partial charge in [-0.25, -0.2) is 4.98 Å². The third-order valence-corrected chi connectivity index (χ3v) is 4.89. The summed E-state index contributed by atoms with van der Waals surface area (Å²) in [5.74, 6) is 1.44. The van der Waals surface area contributed by atoms with Gasteiger partial charge in [-0.2, -0.15) is 0 Å². The van der Waals surface area contributed by atoms with E-state index in [1.165, 1.54) is 24.5 Å². The van der Waals surface area contributed by atoms with E-state index < -0.39 is 0 Å². The van der Waals surface area contributed by atoms with Gasteiger partial charge in [0, 0.05) is 37.8 Å². The highest BCUT2D eigenvalue weighted by molar-refractivity contribution is 7.13. The molecule has 1 atom stereocenters. The summed E-state index contributed by atoms with van der Waals surface area (Å²) in [4.78, 5) is 9.37. The Morgan fingerprint density at radius 3 is 2.60 bits per heavy atom. The molecular formula is C15H28N4S. The van der Waals surface area contributed by atoms with Crippen molar-refractivity contribution in [1.29, 1.82) is 0 Å². The van der Waals surface area contributed by atoms with Gasteiger partial charge in [-0.3, -0.25) is 4.90 Å². The van der Waals surface area contributed by atoms with Gasteiger partial charge >= 0.3 is 0 Å². The predicted molar refractivity (Wildman–Crippen MR) is 87.4 cm³/mol. The van der Waals surface area contributed by atoms with Crippen molar-refractivity contribution in [3.63, 3.8) is 0 Å². The molecule has 114 valence electrons. The monoisotopic (exact) mass is 296 g/mol. The van der Waals surface area contributed by atoms with Crippen LogP contribution in [0.5, 0.6) is 0 Å². The summed E-state index contributed by atoms with van der Waals surface area (Å²) in [5.41, 5.74) is 5.89. The molecule has 0 amide bonds. The van der Waals surface area contributed by atoms with E-state index in [1.807, 2.05) is 6.20 Å². The van der Waals surface area contributed by atoms with Gasteiger partial charge in [-0.05, 0) is 37.8 Å². The Bertz CT molecular complexity index is 358. The summed E-state index contributed by atoms with van der Waals surface area (Å²) in [7, 11) is 0. The number of thiazole rings is 1. The van der Waals surface area contributed by atoms with Crippen LogP contribution in [0, 0.1) is 11.8 Å². The van der Waals surface area contributed by atoms with Gasteiger partial charge in [0.1, 0.15) is 0 Å². The van der Waals surface area contributed by atoms with Crippen LogP contribution < -0.4 is 10.6 Å². The minimum absolute atomic E-state index is 0.687. The molecule has 1 aliphatic rings. The summed E-state index contributed by atoms with van der Waals surface area (Å²) in [5, 5.41) is 3.23. The summed E-state index contributed by atoms with van der Waals surface area (Å²) in [6.07, 6.45) is 4.39. The lowest BCUT2D eigenvalue weighted by Crippen LogP contribution is -2.47. The number of rotatable bonds is 7. The molecule has 1 aromatic rings. The van der Waals surface area contributed by atoms with E-state index in [2.05, 4.69) is 34.0 Å². The lowest BCUT2D eigenvalue weighted by atomic mass is 9.94. The lowest BCUT2D eigenvalue weighted by Gasteiger charge is -2.35. The van der Waals surface area contributed by atoms with Crippen LogP contribution >= 0.6 is 11.3 Å². The van der Waals surface area contributed by atoms with Crippen molar-refractivity contribution in [1.82, 2.24) is 9.88 Å². The Balaban J connectivity index is 1.69. The van der Waals surface area contributed by atoms with Crippen molar-refractivity contribution < 1.29 is 0 Å². The smallest absolute Gasteiger partial charge is 0.185 e. The Morgan fingerprint density at radius 2 is 2.05 bits per heavy atom. The SMILES string of the molecule is CC(C)CC(CN)CCN1CCN(c2nccs2)CC1. The van der Waals surface area contributed by atoms with Gasteiger partial charge in [0.15, 0.2) is 5.13 Å². The topological polar surface area (TPSA) is 45.4 Å². The van der Waals surface area contributed by atoms with Crippen LogP contribution in [0.15, 0.2) is 11.6 Å². The molecule has 2 heterocycles. The molecule has 1 unspecified atom stereocenters. The number of nitrogens with zero attached hydrogens (tertiary/aromatic N) is 3. The molecule has 20 heavy (non-hydrogen) atoms. The van der Waals surface area contributed by atoms with Crippen molar-refractivity contribution >= 4 is 16.5 Å². The molecule has 0 bridgehead atoms. The van der Waals surface area contributed by atoms with Crippen LogP contribution in [0.3, 0.4) is 0 Å². The largest absolute Gasteiger partial charge is 0.346 e. The number of nitrogens with two attached hydrogens (primary N) is 1. The normalized spacial score (nSPS) is 18.7. The first kappa shape index (κ1) is 15.7. The second-order valence-electron chi connectivity index (χ2n) is 6.16. The van der Waals surface area contributed by atoms with Gasteiger partial charge < -0.3 is 10.6 Å². The molecule has 0 spiro atoms. The number of anilines is 1. The van der Waals surface area contributed by atoms with Crippen molar-refractivity contribution in [2.75, 3.05) is 44.2 Å². The van der Waals surface area contributed by atoms with Crippen molar-refractivity contribution in [2.45, 2.75) is 26.7 Å². The van der Waals surface area contributed by atoms with Gasteiger partial charge in [-0.15, -0.1) is 11.3 Å². The second-order valence-corrected chi connectivity index (χ2v) is 7.04. The average Bonchev–Trinajstić information content (AvgIpc) is 2.97. The summed E-state index contributed by atoms with van der Waals surface area (Å²) in [6, 6.07) is 0. The highest BCUT2D eigenvalue weighted by Crippen LogP contribution is 2.20. The zero-order valence-electron chi connectivity index (χ0n) is 12.8. The molecular weight excluding hydrogens is 268 g/mol. The Morgan fingerprint density at radius 1 is 1.30 bits per heavy atom. The fraction of sp³-hybridized carbons (Fsp3) is 0.800. The minimum Gasteiger partial charge on any atom is -0.346 e. The van der Waals surface area contributed by atoms with Gasteiger partial charge in [0.2, 0.25) is 0 Å². The molecule has 0 radical (unpaired) electrons. The van der Waals surface area contributed by atoms with Crippen molar-refractivity contribution in [3.05, 3.63) is 11.6 Å². The molecule has 0 saturated carbocycles. The quantitative estimate of drug-likeness (QED) is 0.838. The zero-order valence-corrected chi connectivity index (χ0v) is 13.6. The van der Waals surface area contributed by atoms with Gasteiger partial charge in [0.25, 0.3) is 0 Å². The molecule has 1 fully saturated rings. The van der Waals surface area contributed by atoms with Crippen LogP contribution in [0.1, 0.15) is 26.7 Å². The Hall–Kier alpha value is -0.650. The minimum atomic E-state index is 0.687. The molecule has 0 aliphatic carbocycles. The van der Waals surface area contributed by atoms with E-state index in [0.717, 1.165) is 38.6 Å². The highest BCUT2D eigenvalue weighted by atomic mass is 32.1. The van der Waals surface area contributed by atoms with E-state index in [0.29, 0.717) is 5.92 Å². The number of hydrogen-bond acceptors (Lipinski definition) is 5. The standard InChI is InChI=1S/C15H28N4S/c1-13(2)11-14(12-16)3-5-18-6-8-19(9-7-18)15-17-4-10-20-15/h4,10,13-14H,3,5-9,11-12,16H2,1-2H3. The van der Waals surface area contributed by atoms with Gasteiger partial charge in [-0.1, -0.05) is 13.8 Å². The van der Waals surface area contributed by atoms with E-state index in [1.54, 1.807) is 11.3 Å². The highest BCUT2D eigenvalue weighted by Gasteiger charge is 2.19. The van der Waals surface area contributed by atoms with Crippen molar-refractivity contribution in [2.24, 2.45) is 17.6 Å². The molecule has 0 aromatic carbocycles. The molecule has 2 rings (SSSR count). The molecule has 1 aliphatic heterocycles. The summed E-state index contributed by atoms with van der Waals surface area (Å²) in [6.45, 7) is 11.1.